The van der Waals surface area contributed by atoms with Gasteiger partial charge in [-0.15, -0.1) is 5.10 Å². The van der Waals surface area contributed by atoms with Crippen molar-refractivity contribution in [3.8, 4) is 0 Å². The summed E-state index contributed by atoms with van der Waals surface area (Å²) in [4.78, 5) is 6.74. The van der Waals surface area contributed by atoms with E-state index < -0.39 is 0 Å². The van der Waals surface area contributed by atoms with Gasteiger partial charge in [0.2, 0.25) is 0 Å². The first kappa shape index (κ1) is 14.8. The van der Waals surface area contributed by atoms with Gasteiger partial charge < -0.3 is 10.2 Å². The average Bonchev–Trinajstić information content (AvgIpc) is 3.01. The third kappa shape index (κ3) is 3.35. The molecule has 0 atom stereocenters. The van der Waals surface area contributed by atoms with Crippen molar-refractivity contribution in [3.63, 3.8) is 0 Å². The Morgan fingerprint density at radius 1 is 1.27 bits per heavy atom. The Kier molecular flexibility index (Phi) is 4.51. The second kappa shape index (κ2) is 6.73. The van der Waals surface area contributed by atoms with Gasteiger partial charge in [0.05, 0.1) is 6.20 Å². The molecule has 1 saturated carbocycles. The maximum absolute atomic E-state index is 4.65. The highest BCUT2D eigenvalue weighted by atomic mass is 15.3. The molecule has 1 aromatic carbocycles. The first-order valence-electron chi connectivity index (χ1n) is 8.06. The molecule has 3 rings (SSSR count). The van der Waals surface area contributed by atoms with Crippen LogP contribution in [0.5, 0.6) is 0 Å². The van der Waals surface area contributed by atoms with Crippen LogP contribution < -0.4 is 10.2 Å². The number of aromatic nitrogens is 3. The molecular weight excluding hydrogens is 274 g/mol. The first-order valence-corrected chi connectivity index (χ1v) is 8.06. The molecule has 1 aliphatic rings. The SMILES string of the molecule is CCN(c1cccc(C)c1)c1nncc(NC2CCCC2)n1. The highest BCUT2D eigenvalue weighted by Crippen LogP contribution is 2.24. The van der Waals surface area contributed by atoms with Crippen LogP contribution in [0.2, 0.25) is 0 Å². The molecule has 1 fully saturated rings. The minimum absolute atomic E-state index is 0.526. The average molecular weight is 297 g/mol. The van der Waals surface area contributed by atoms with Gasteiger partial charge >= 0.3 is 0 Å². The van der Waals surface area contributed by atoms with E-state index in [2.05, 4.69) is 63.5 Å². The van der Waals surface area contributed by atoms with E-state index in [1.165, 1.54) is 31.2 Å². The Morgan fingerprint density at radius 3 is 2.82 bits per heavy atom. The summed E-state index contributed by atoms with van der Waals surface area (Å²) in [5.41, 5.74) is 2.33. The lowest BCUT2D eigenvalue weighted by molar-refractivity contribution is 0.745. The zero-order valence-corrected chi connectivity index (χ0v) is 13.3. The van der Waals surface area contributed by atoms with Gasteiger partial charge in [-0.1, -0.05) is 25.0 Å². The minimum atomic E-state index is 0.526. The predicted octanol–water partition coefficient (Wildman–Crippen LogP) is 3.69. The van der Waals surface area contributed by atoms with Gasteiger partial charge in [0.1, 0.15) is 0 Å². The molecule has 0 aliphatic heterocycles. The van der Waals surface area contributed by atoms with E-state index in [9.17, 15) is 0 Å². The highest BCUT2D eigenvalue weighted by Gasteiger charge is 2.17. The molecule has 0 unspecified atom stereocenters. The Labute approximate surface area is 131 Å². The van der Waals surface area contributed by atoms with Gasteiger partial charge in [0, 0.05) is 18.3 Å². The number of rotatable bonds is 5. The van der Waals surface area contributed by atoms with Crippen molar-refractivity contribution in [2.24, 2.45) is 0 Å². The molecule has 1 aliphatic carbocycles. The molecule has 22 heavy (non-hydrogen) atoms. The Balaban J connectivity index is 1.82. The van der Waals surface area contributed by atoms with Crippen molar-refractivity contribution >= 4 is 17.5 Å². The summed E-state index contributed by atoms with van der Waals surface area (Å²) in [6.45, 7) is 5.00. The maximum atomic E-state index is 4.65. The summed E-state index contributed by atoms with van der Waals surface area (Å²) in [6, 6.07) is 8.90. The van der Waals surface area contributed by atoms with E-state index in [1.54, 1.807) is 6.20 Å². The predicted molar refractivity (Wildman–Crippen MR) is 89.6 cm³/mol. The minimum Gasteiger partial charge on any atom is -0.366 e. The molecule has 1 N–H and O–H groups in total. The van der Waals surface area contributed by atoms with Crippen LogP contribution in [0.15, 0.2) is 30.5 Å². The third-order valence-corrected chi connectivity index (χ3v) is 4.13. The molecule has 5 heteroatoms. The van der Waals surface area contributed by atoms with E-state index >= 15 is 0 Å². The largest absolute Gasteiger partial charge is 0.366 e. The van der Waals surface area contributed by atoms with Gasteiger partial charge in [-0.2, -0.15) is 10.1 Å². The van der Waals surface area contributed by atoms with Crippen LogP contribution in [0.25, 0.3) is 0 Å². The van der Waals surface area contributed by atoms with Crippen molar-refractivity contribution in [1.29, 1.82) is 0 Å². The van der Waals surface area contributed by atoms with Crippen LogP contribution in [0.3, 0.4) is 0 Å². The van der Waals surface area contributed by atoms with E-state index in [4.69, 9.17) is 0 Å². The fourth-order valence-electron chi connectivity index (χ4n) is 2.99. The second-order valence-corrected chi connectivity index (χ2v) is 5.85. The van der Waals surface area contributed by atoms with Gasteiger partial charge in [-0.3, -0.25) is 0 Å². The van der Waals surface area contributed by atoms with E-state index in [1.807, 2.05) is 0 Å². The van der Waals surface area contributed by atoms with Crippen molar-refractivity contribution in [1.82, 2.24) is 15.2 Å². The third-order valence-electron chi connectivity index (χ3n) is 4.13. The number of benzene rings is 1. The fraction of sp³-hybridized carbons (Fsp3) is 0.471. The summed E-state index contributed by atoms with van der Waals surface area (Å²) in [6.07, 6.45) is 6.75. The van der Waals surface area contributed by atoms with Gasteiger partial charge in [0.25, 0.3) is 5.95 Å². The van der Waals surface area contributed by atoms with Crippen LogP contribution in [0.4, 0.5) is 17.5 Å². The van der Waals surface area contributed by atoms with Crippen molar-refractivity contribution in [2.75, 3.05) is 16.8 Å². The molecule has 116 valence electrons. The number of nitrogens with zero attached hydrogens (tertiary/aromatic N) is 4. The number of hydrogen-bond donors (Lipinski definition) is 1. The second-order valence-electron chi connectivity index (χ2n) is 5.85. The lowest BCUT2D eigenvalue weighted by Crippen LogP contribution is -2.21. The molecule has 5 nitrogen and oxygen atoms in total. The van der Waals surface area contributed by atoms with Gasteiger partial charge in [0.15, 0.2) is 5.82 Å². The number of hydrogen-bond acceptors (Lipinski definition) is 5. The van der Waals surface area contributed by atoms with E-state index in [-0.39, 0.29) is 0 Å². The normalized spacial score (nSPS) is 15.0. The molecule has 0 amide bonds. The summed E-state index contributed by atoms with van der Waals surface area (Å²) in [5.74, 6) is 1.47. The molecule has 0 radical (unpaired) electrons. The van der Waals surface area contributed by atoms with Crippen LogP contribution in [0.1, 0.15) is 38.2 Å². The summed E-state index contributed by atoms with van der Waals surface area (Å²) >= 11 is 0. The molecule has 0 bridgehead atoms. The van der Waals surface area contributed by atoms with Crippen LogP contribution >= 0.6 is 0 Å². The van der Waals surface area contributed by atoms with Gasteiger partial charge in [-0.05, 0) is 44.4 Å². The summed E-state index contributed by atoms with van der Waals surface area (Å²) in [7, 11) is 0. The number of anilines is 3. The topological polar surface area (TPSA) is 53.9 Å². The van der Waals surface area contributed by atoms with Crippen molar-refractivity contribution in [3.05, 3.63) is 36.0 Å². The highest BCUT2D eigenvalue weighted by molar-refractivity contribution is 5.58. The Morgan fingerprint density at radius 2 is 2.09 bits per heavy atom. The Hall–Kier alpha value is -2.17. The van der Waals surface area contributed by atoms with Crippen LogP contribution in [-0.4, -0.2) is 27.8 Å². The monoisotopic (exact) mass is 297 g/mol. The molecule has 0 spiro atoms. The molecule has 1 aromatic heterocycles. The molecule has 2 aromatic rings. The molecular formula is C17H23N5. The Bertz CT molecular complexity index is 622. The van der Waals surface area contributed by atoms with Gasteiger partial charge in [-0.25, -0.2) is 0 Å². The van der Waals surface area contributed by atoms with E-state index in [0.717, 1.165) is 18.1 Å². The fourth-order valence-corrected chi connectivity index (χ4v) is 2.99. The van der Waals surface area contributed by atoms with Crippen molar-refractivity contribution in [2.45, 2.75) is 45.6 Å². The quantitative estimate of drug-likeness (QED) is 0.912. The summed E-state index contributed by atoms with van der Waals surface area (Å²) < 4.78 is 0. The first-order chi connectivity index (χ1) is 10.8. The number of nitrogens with one attached hydrogen (secondary N) is 1. The zero-order chi connectivity index (χ0) is 15.4. The standard InChI is InChI=1S/C17H23N5/c1-3-22(15-10-6-7-13(2)11-15)17-20-16(12-18-21-17)19-14-8-4-5-9-14/h6-7,10-12,14H,3-5,8-9H2,1-2H3,(H,19,20,21). The lowest BCUT2D eigenvalue weighted by atomic mass is 10.2. The molecule has 0 saturated heterocycles. The van der Waals surface area contributed by atoms with Crippen molar-refractivity contribution < 1.29 is 0 Å². The van der Waals surface area contributed by atoms with Crippen LogP contribution in [-0.2, 0) is 0 Å². The molecule has 1 heterocycles. The lowest BCUT2D eigenvalue weighted by Gasteiger charge is -2.21. The maximum Gasteiger partial charge on any atom is 0.251 e. The number of aryl methyl sites for hydroxylation is 1. The van der Waals surface area contributed by atoms with E-state index in [0.29, 0.717) is 12.0 Å². The summed E-state index contributed by atoms with van der Waals surface area (Å²) in [5, 5.41) is 11.8. The van der Waals surface area contributed by atoms with Crippen LogP contribution in [0, 0.1) is 6.92 Å². The smallest absolute Gasteiger partial charge is 0.251 e. The zero-order valence-electron chi connectivity index (χ0n) is 13.3.